The number of carbonyl (C=O) groups excluding carboxylic acids is 1. The Kier molecular flexibility index (Phi) is 3.94. The van der Waals surface area contributed by atoms with Gasteiger partial charge in [0.25, 0.3) is 5.91 Å². The number of amides is 1. The van der Waals surface area contributed by atoms with Gasteiger partial charge in [-0.25, -0.2) is 14.8 Å². The van der Waals surface area contributed by atoms with Crippen molar-refractivity contribution in [2.24, 2.45) is 4.99 Å². The number of hydrazine groups is 1. The first-order valence-electron chi connectivity index (χ1n) is 7.54. The van der Waals surface area contributed by atoms with Crippen molar-refractivity contribution < 1.29 is 14.3 Å². The summed E-state index contributed by atoms with van der Waals surface area (Å²) in [5.74, 6) is -0.634. The molecular formula is C16H12ClFN6O2. The number of hydrogen-bond acceptors (Lipinski definition) is 6. The second-order valence-corrected chi connectivity index (χ2v) is 5.99. The maximum absolute atomic E-state index is 13.2. The fourth-order valence-corrected chi connectivity index (χ4v) is 2.84. The summed E-state index contributed by atoms with van der Waals surface area (Å²) in [6.45, 7) is 0.192. The quantitative estimate of drug-likeness (QED) is 0.659. The number of halogens is 2. The fraction of sp³-hybridized carbons (Fsp3) is 0.0625. The van der Waals surface area contributed by atoms with Gasteiger partial charge < -0.3 is 10.4 Å². The molecule has 2 aromatic rings. The molecule has 1 aromatic heterocycles. The van der Waals surface area contributed by atoms with Crippen molar-refractivity contribution in [3.8, 4) is 17.0 Å². The molecule has 132 valence electrons. The summed E-state index contributed by atoms with van der Waals surface area (Å²) < 4.78 is 13.2. The number of fused-ring (bicyclic) bond motifs is 1. The van der Waals surface area contributed by atoms with Crippen LogP contribution in [0.25, 0.3) is 11.3 Å². The number of anilines is 1. The summed E-state index contributed by atoms with van der Waals surface area (Å²) in [6.07, 6.45) is 3.66. The molecule has 3 heterocycles. The zero-order valence-corrected chi connectivity index (χ0v) is 13.9. The molecule has 26 heavy (non-hydrogen) atoms. The van der Waals surface area contributed by atoms with Gasteiger partial charge in [-0.05, 0) is 18.2 Å². The Hall–Kier alpha value is -3.17. The van der Waals surface area contributed by atoms with Gasteiger partial charge in [-0.1, -0.05) is 11.6 Å². The average Bonchev–Trinajstić information content (AvgIpc) is 3.23. The second kappa shape index (κ2) is 6.28. The van der Waals surface area contributed by atoms with E-state index in [0.29, 0.717) is 33.4 Å². The standard InChI is InChI=1S/C16H12ClFN6O2/c17-8-1-2-13(25)10(3-8)14-12(6-20-23-14)22-16(26)11-5-21-24-7-9(18)4-19-15(11)24/h1-4,6-7,21,25H,5H2,(H,20,23)(H,22,26). The number of aromatic amines is 1. The number of hydrogen-bond donors (Lipinski definition) is 4. The number of phenolic OH excluding ortho intramolecular Hbond substituents is 1. The predicted molar refractivity (Wildman–Crippen MR) is 93.9 cm³/mol. The highest BCUT2D eigenvalue weighted by molar-refractivity contribution is 6.31. The number of nitrogens with one attached hydrogen (secondary N) is 3. The van der Waals surface area contributed by atoms with Crippen LogP contribution < -0.4 is 10.7 Å². The molecule has 0 aliphatic carbocycles. The Balaban J connectivity index is 1.63. The summed E-state index contributed by atoms with van der Waals surface area (Å²) in [7, 11) is 0. The topological polar surface area (TPSA) is 106 Å². The Morgan fingerprint density at radius 2 is 2.27 bits per heavy atom. The molecule has 0 radical (unpaired) electrons. The average molecular weight is 375 g/mol. The molecule has 10 heteroatoms. The third kappa shape index (κ3) is 2.83. The molecule has 1 amide bonds. The largest absolute Gasteiger partial charge is 0.507 e. The third-order valence-electron chi connectivity index (χ3n) is 3.88. The van der Waals surface area contributed by atoms with Gasteiger partial charge in [0.05, 0.1) is 35.6 Å². The number of benzene rings is 1. The lowest BCUT2D eigenvalue weighted by molar-refractivity contribution is -0.112. The second-order valence-electron chi connectivity index (χ2n) is 5.55. The number of phenols is 1. The first-order chi connectivity index (χ1) is 12.5. The van der Waals surface area contributed by atoms with Crippen molar-refractivity contribution in [2.75, 3.05) is 11.9 Å². The Bertz CT molecular complexity index is 996. The maximum Gasteiger partial charge on any atom is 0.256 e. The number of aromatic nitrogens is 2. The van der Waals surface area contributed by atoms with E-state index in [4.69, 9.17) is 11.6 Å². The summed E-state index contributed by atoms with van der Waals surface area (Å²) in [5.41, 5.74) is 4.36. The molecule has 0 atom stereocenters. The van der Waals surface area contributed by atoms with E-state index in [-0.39, 0.29) is 12.3 Å². The van der Waals surface area contributed by atoms with Crippen LogP contribution in [0.2, 0.25) is 5.02 Å². The van der Waals surface area contributed by atoms with Crippen LogP contribution in [0.5, 0.6) is 5.75 Å². The summed E-state index contributed by atoms with van der Waals surface area (Å²) in [4.78, 5) is 16.6. The molecule has 2 aliphatic rings. The number of carbonyl (C=O) groups is 1. The van der Waals surface area contributed by atoms with Crippen molar-refractivity contribution >= 4 is 29.4 Å². The van der Waals surface area contributed by atoms with E-state index in [1.54, 1.807) is 12.1 Å². The van der Waals surface area contributed by atoms with Crippen LogP contribution in [0.3, 0.4) is 0 Å². The van der Waals surface area contributed by atoms with Crippen LogP contribution in [0.1, 0.15) is 0 Å². The highest BCUT2D eigenvalue weighted by Gasteiger charge is 2.28. The molecule has 0 unspecified atom stereocenters. The highest BCUT2D eigenvalue weighted by Crippen LogP contribution is 2.35. The van der Waals surface area contributed by atoms with Gasteiger partial charge >= 0.3 is 0 Å². The SMILES string of the molecule is O=C(Nc1cn[nH]c1-c1cc(Cl)ccc1O)C1=C2N=CC(F)=CN2NC1. The molecular weight excluding hydrogens is 363 g/mol. The number of nitrogens with zero attached hydrogens (tertiary/aromatic N) is 3. The van der Waals surface area contributed by atoms with E-state index in [1.165, 1.54) is 23.5 Å². The minimum Gasteiger partial charge on any atom is -0.507 e. The Morgan fingerprint density at radius 3 is 3.12 bits per heavy atom. The highest BCUT2D eigenvalue weighted by atomic mass is 35.5. The van der Waals surface area contributed by atoms with Gasteiger partial charge in [0.1, 0.15) is 5.75 Å². The lowest BCUT2D eigenvalue weighted by Crippen LogP contribution is -2.28. The van der Waals surface area contributed by atoms with Crippen LogP contribution in [-0.4, -0.2) is 39.0 Å². The lowest BCUT2D eigenvalue weighted by atomic mass is 10.1. The Labute approximate surface area is 151 Å². The van der Waals surface area contributed by atoms with Crippen LogP contribution in [0, 0.1) is 0 Å². The maximum atomic E-state index is 13.2. The molecule has 0 spiro atoms. The summed E-state index contributed by atoms with van der Waals surface area (Å²) >= 11 is 5.98. The van der Waals surface area contributed by atoms with Crippen molar-refractivity contribution in [1.82, 2.24) is 20.6 Å². The van der Waals surface area contributed by atoms with E-state index in [0.717, 1.165) is 6.21 Å². The molecule has 4 rings (SSSR count). The molecule has 0 fully saturated rings. The summed E-state index contributed by atoms with van der Waals surface area (Å²) in [5, 5.41) is 21.2. The first-order valence-corrected chi connectivity index (χ1v) is 7.91. The number of allylic oxidation sites excluding steroid dienone is 1. The molecule has 0 saturated heterocycles. The predicted octanol–water partition coefficient (Wildman–Crippen LogP) is 2.30. The molecule has 1 aromatic carbocycles. The molecule has 0 saturated carbocycles. The number of rotatable bonds is 3. The monoisotopic (exact) mass is 374 g/mol. The van der Waals surface area contributed by atoms with Gasteiger partial charge in [-0.15, -0.1) is 0 Å². The van der Waals surface area contributed by atoms with Gasteiger partial charge in [0, 0.05) is 17.1 Å². The van der Waals surface area contributed by atoms with E-state index in [2.05, 4.69) is 25.9 Å². The lowest BCUT2D eigenvalue weighted by Gasteiger charge is -2.16. The van der Waals surface area contributed by atoms with Gasteiger partial charge in [0.15, 0.2) is 11.6 Å². The zero-order valence-electron chi connectivity index (χ0n) is 13.1. The van der Waals surface area contributed by atoms with Crippen molar-refractivity contribution in [3.63, 3.8) is 0 Å². The van der Waals surface area contributed by atoms with Crippen molar-refractivity contribution in [2.45, 2.75) is 0 Å². The number of aromatic hydroxyl groups is 1. The van der Waals surface area contributed by atoms with E-state index < -0.39 is 11.7 Å². The Morgan fingerprint density at radius 1 is 1.42 bits per heavy atom. The van der Waals surface area contributed by atoms with Crippen LogP contribution >= 0.6 is 11.6 Å². The van der Waals surface area contributed by atoms with E-state index >= 15 is 0 Å². The van der Waals surface area contributed by atoms with E-state index in [1.807, 2.05) is 0 Å². The van der Waals surface area contributed by atoms with Gasteiger partial charge in [-0.2, -0.15) is 5.10 Å². The zero-order chi connectivity index (χ0) is 18.3. The van der Waals surface area contributed by atoms with Gasteiger partial charge in [0.2, 0.25) is 0 Å². The molecule has 8 nitrogen and oxygen atoms in total. The number of aliphatic imine (C=N–C) groups is 1. The summed E-state index contributed by atoms with van der Waals surface area (Å²) in [6, 6.07) is 4.55. The fourth-order valence-electron chi connectivity index (χ4n) is 2.66. The normalized spacial score (nSPS) is 15.9. The van der Waals surface area contributed by atoms with Gasteiger partial charge in [-0.3, -0.25) is 14.9 Å². The van der Waals surface area contributed by atoms with Crippen LogP contribution in [-0.2, 0) is 4.79 Å². The van der Waals surface area contributed by atoms with Crippen LogP contribution in [0.15, 0.2) is 52.8 Å². The smallest absolute Gasteiger partial charge is 0.256 e. The molecule has 2 aliphatic heterocycles. The molecule has 0 bridgehead atoms. The minimum atomic E-state index is -0.517. The van der Waals surface area contributed by atoms with Crippen LogP contribution in [0.4, 0.5) is 10.1 Å². The van der Waals surface area contributed by atoms with E-state index in [9.17, 15) is 14.3 Å². The van der Waals surface area contributed by atoms with Crippen molar-refractivity contribution in [1.29, 1.82) is 0 Å². The number of H-pyrrole nitrogens is 1. The van der Waals surface area contributed by atoms with Crippen molar-refractivity contribution in [3.05, 3.63) is 52.8 Å². The third-order valence-corrected chi connectivity index (χ3v) is 4.11. The minimum absolute atomic E-state index is 0.0117. The molecule has 4 N–H and O–H groups in total. The first kappa shape index (κ1) is 16.3.